The molecule has 23 heavy (non-hydrogen) atoms. The van der Waals surface area contributed by atoms with Crippen LogP contribution in [0.4, 0.5) is 0 Å². The number of primary amides is 1. The van der Waals surface area contributed by atoms with Crippen molar-refractivity contribution in [2.45, 2.75) is 26.2 Å². The molecule has 1 saturated heterocycles. The second-order valence-corrected chi connectivity index (χ2v) is 5.70. The number of piperidine rings is 1. The number of hydrogen-bond acceptors (Lipinski definition) is 5. The van der Waals surface area contributed by atoms with Crippen LogP contribution in [0.5, 0.6) is 11.8 Å². The van der Waals surface area contributed by atoms with E-state index in [2.05, 4.69) is 4.98 Å². The summed E-state index contributed by atoms with van der Waals surface area (Å²) in [7, 11) is 2.96. The number of hydrogen-bond donors (Lipinski definition) is 1. The van der Waals surface area contributed by atoms with Gasteiger partial charge >= 0.3 is 0 Å². The molecule has 0 unspecified atom stereocenters. The molecule has 0 aromatic carbocycles. The summed E-state index contributed by atoms with van der Waals surface area (Å²) in [6.45, 7) is 2.94. The highest BCUT2D eigenvalue weighted by Gasteiger charge is 2.39. The fourth-order valence-electron chi connectivity index (χ4n) is 2.94. The minimum Gasteiger partial charge on any atom is -0.481 e. The van der Waals surface area contributed by atoms with Crippen LogP contribution in [0.2, 0.25) is 0 Å². The highest BCUT2D eigenvalue weighted by molar-refractivity contribution is 5.96. The van der Waals surface area contributed by atoms with Gasteiger partial charge in [-0.25, -0.2) is 0 Å². The molecule has 0 aliphatic carbocycles. The van der Waals surface area contributed by atoms with Crippen LogP contribution in [0.3, 0.4) is 0 Å². The Labute approximate surface area is 135 Å². The van der Waals surface area contributed by atoms with Crippen molar-refractivity contribution in [1.29, 1.82) is 0 Å². The molecular formula is C16H23N3O4. The minimum atomic E-state index is -0.501. The van der Waals surface area contributed by atoms with Gasteiger partial charge in [-0.1, -0.05) is 6.92 Å². The molecule has 0 radical (unpaired) electrons. The smallest absolute Gasteiger partial charge is 0.259 e. The van der Waals surface area contributed by atoms with E-state index in [9.17, 15) is 9.59 Å². The van der Waals surface area contributed by atoms with Gasteiger partial charge in [0.05, 0.1) is 19.6 Å². The Morgan fingerprint density at radius 2 is 1.91 bits per heavy atom. The molecule has 2 heterocycles. The number of pyridine rings is 1. The standard InChI is InChI=1S/C16H23N3O4/c1-4-16(15(17)21)7-9-19(10-8-16)14(20)11-5-6-12(22-2)18-13(11)23-3/h5-6H,4,7-10H2,1-3H3,(H2,17,21). The third-order valence-corrected chi connectivity index (χ3v) is 4.67. The molecule has 7 nitrogen and oxygen atoms in total. The van der Waals surface area contributed by atoms with Crippen molar-refractivity contribution in [2.75, 3.05) is 27.3 Å². The summed E-state index contributed by atoms with van der Waals surface area (Å²) in [6, 6.07) is 3.27. The van der Waals surface area contributed by atoms with Gasteiger partial charge in [0.15, 0.2) is 0 Å². The molecule has 0 saturated carbocycles. The number of rotatable bonds is 5. The van der Waals surface area contributed by atoms with Crippen LogP contribution in [0.15, 0.2) is 12.1 Å². The van der Waals surface area contributed by atoms with Crippen LogP contribution in [0, 0.1) is 5.41 Å². The zero-order valence-electron chi connectivity index (χ0n) is 13.8. The summed E-state index contributed by atoms with van der Waals surface area (Å²) in [4.78, 5) is 30.2. The Balaban J connectivity index is 2.15. The summed E-state index contributed by atoms with van der Waals surface area (Å²) in [5.74, 6) is 0.175. The fraction of sp³-hybridized carbons (Fsp3) is 0.562. The lowest BCUT2D eigenvalue weighted by Crippen LogP contribution is -2.48. The molecule has 0 bridgehead atoms. The van der Waals surface area contributed by atoms with E-state index >= 15 is 0 Å². The van der Waals surface area contributed by atoms with Crippen molar-refractivity contribution in [2.24, 2.45) is 11.1 Å². The maximum absolute atomic E-state index is 12.7. The van der Waals surface area contributed by atoms with Gasteiger partial charge in [-0.2, -0.15) is 4.98 Å². The number of amides is 2. The third-order valence-electron chi connectivity index (χ3n) is 4.67. The number of methoxy groups -OCH3 is 2. The lowest BCUT2D eigenvalue weighted by Gasteiger charge is -2.39. The zero-order valence-corrected chi connectivity index (χ0v) is 13.8. The Hall–Kier alpha value is -2.31. The van der Waals surface area contributed by atoms with Crippen molar-refractivity contribution in [3.63, 3.8) is 0 Å². The van der Waals surface area contributed by atoms with Crippen LogP contribution in [0.1, 0.15) is 36.5 Å². The molecule has 2 N–H and O–H groups in total. The minimum absolute atomic E-state index is 0.161. The van der Waals surface area contributed by atoms with Crippen LogP contribution in [0.25, 0.3) is 0 Å². The Morgan fingerprint density at radius 1 is 1.26 bits per heavy atom. The maximum Gasteiger partial charge on any atom is 0.259 e. The SMILES string of the molecule is CCC1(C(N)=O)CCN(C(=O)c2ccc(OC)nc2OC)CC1. The topological polar surface area (TPSA) is 94.8 Å². The molecule has 126 valence electrons. The molecule has 1 fully saturated rings. The first kappa shape index (κ1) is 17.1. The molecule has 1 aliphatic heterocycles. The number of likely N-dealkylation sites (tertiary alicyclic amines) is 1. The molecule has 0 atom stereocenters. The van der Waals surface area contributed by atoms with Crippen molar-refractivity contribution >= 4 is 11.8 Å². The summed E-state index contributed by atoms with van der Waals surface area (Å²) < 4.78 is 10.2. The summed E-state index contributed by atoms with van der Waals surface area (Å²) >= 11 is 0. The van der Waals surface area contributed by atoms with Crippen molar-refractivity contribution in [1.82, 2.24) is 9.88 Å². The predicted octanol–water partition coefficient (Wildman–Crippen LogP) is 1.22. The van der Waals surface area contributed by atoms with Crippen molar-refractivity contribution < 1.29 is 19.1 Å². The van der Waals surface area contributed by atoms with Gasteiger partial charge < -0.3 is 20.1 Å². The number of ether oxygens (including phenoxy) is 2. The molecule has 1 aromatic rings. The van der Waals surface area contributed by atoms with Gasteiger partial charge in [-0.3, -0.25) is 9.59 Å². The quantitative estimate of drug-likeness (QED) is 0.880. The van der Waals surface area contributed by atoms with Crippen LogP contribution in [-0.2, 0) is 4.79 Å². The molecule has 2 rings (SSSR count). The van der Waals surface area contributed by atoms with E-state index in [0.717, 1.165) is 0 Å². The Bertz CT molecular complexity index is 595. The van der Waals surface area contributed by atoms with Crippen molar-refractivity contribution in [3.8, 4) is 11.8 Å². The largest absolute Gasteiger partial charge is 0.481 e. The maximum atomic E-state index is 12.7. The van der Waals surface area contributed by atoms with E-state index in [0.29, 0.717) is 43.8 Å². The average Bonchev–Trinajstić information content (AvgIpc) is 2.60. The average molecular weight is 321 g/mol. The highest BCUT2D eigenvalue weighted by atomic mass is 16.5. The molecule has 1 aliphatic rings. The highest BCUT2D eigenvalue weighted by Crippen LogP contribution is 2.35. The van der Waals surface area contributed by atoms with Gasteiger partial charge in [0.1, 0.15) is 5.56 Å². The molecular weight excluding hydrogens is 298 g/mol. The normalized spacial score (nSPS) is 16.7. The molecule has 0 spiro atoms. The number of nitrogens with two attached hydrogens (primary N) is 1. The Kier molecular flexibility index (Phi) is 5.08. The predicted molar refractivity (Wildman–Crippen MR) is 84.4 cm³/mol. The van der Waals surface area contributed by atoms with Gasteiger partial charge in [0.25, 0.3) is 5.91 Å². The first-order chi connectivity index (χ1) is 11.0. The summed E-state index contributed by atoms with van der Waals surface area (Å²) in [5, 5.41) is 0. The lowest BCUT2D eigenvalue weighted by atomic mass is 9.75. The van der Waals surface area contributed by atoms with Gasteiger partial charge in [0.2, 0.25) is 17.7 Å². The van der Waals surface area contributed by atoms with Crippen LogP contribution >= 0.6 is 0 Å². The van der Waals surface area contributed by atoms with Gasteiger partial charge in [-0.05, 0) is 25.3 Å². The molecule has 7 heteroatoms. The number of carbonyl (C=O) groups is 2. The zero-order chi connectivity index (χ0) is 17.0. The first-order valence-corrected chi connectivity index (χ1v) is 7.65. The number of carbonyl (C=O) groups excluding carboxylic acids is 2. The fourth-order valence-corrected chi connectivity index (χ4v) is 2.94. The van der Waals surface area contributed by atoms with Crippen LogP contribution in [-0.4, -0.2) is 49.0 Å². The van der Waals surface area contributed by atoms with E-state index in [1.54, 1.807) is 17.0 Å². The number of nitrogens with zero attached hydrogens (tertiary/aromatic N) is 2. The van der Waals surface area contributed by atoms with E-state index in [-0.39, 0.29) is 17.7 Å². The second-order valence-electron chi connectivity index (χ2n) is 5.70. The van der Waals surface area contributed by atoms with E-state index in [4.69, 9.17) is 15.2 Å². The Morgan fingerprint density at radius 3 is 2.39 bits per heavy atom. The summed E-state index contributed by atoms with van der Waals surface area (Å²) in [6.07, 6.45) is 1.85. The summed E-state index contributed by atoms with van der Waals surface area (Å²) in [5.41, 5.74) is 5.42. The monoisotopic (exact) mass is 321 g/mol. The number of aromatic nitrogens is 1. The first-order valence-electron chi connectivity index (χ1n) is 7.65. The van der Waals surface area contributed by atoms with Crippen LogP contribution < -0.4 is 15.2 Å². The molecule has 2 amide bonds. The second kappa shape index (κ2) is 6.85. The third kappa shape index (κ3) is 3.23. The van der Waals surface area contributed by atoms with E-state index in [1.165, 1.54) is 14.2 Å². The van der Waals surface area contributed by atoms with E-state index < -0.39 is 5.41 Å². The van der Waals surface area contributed by atoms with E-state index in [1.807, 2.05) is 6.92 Å². The van der Waals surface area contributed by atoms with Gasteiger partial charge in [0, 0.05) is 19.2 Å². The van der Waals surface area contributed by atoms with Gasteiger partial charge in [-0.15, -0.1) is 0 Å². The molecule has 1 aromatic heterocycles. The van der Waals surface area contributed by atoms with Crippen molar-refractivity contribution in [3.05, 3.63) is 17.7 Å². The lowest BCUT2D eigenvalue weighted by molar-refractivity contribution is -0.130.